The number of carbonyl (C=O) groups is 1. The molecule has 1 saturated heterocycles. The third-order valence-corrected chi connectivity index (χ3v) is 3.99. The molecule has 1 aromatic carbocycles. The fourth-order valence-corrected chi connectivity index (χ4v) is 2.47. The van der Waals surface area contributed by atoms with Crippen molar-refractivity contribution >= 4 is 17.3 Å². The predicted molar refractivity (Wildman–Crippen MR) is 96.1 cm³/mol. The van der Waals surface area contributed by atoms with Gasteiger partial charge in [-0.3, -0.25) is 4.79 Å². The quantitative estimate of drug-likeness (QED) is 0.485. The summed E-state index contributed by atoms with van der Waals surface area (Å²) in [5, 5.41) is 13.4. The molecule has 0 radical (unpaired) electrons. The second-order valence-electron chi connectivity index (χ2n) is 6.47. The van der Waals surface area contributed by atoms with Gasteiger partial charge in [0, 0.05) is 18.8 Å². The zero-order chi connectivity index (χ0) is 18.6. The van der Waals surface area contributed by atoms with E-state index in [9.17, 15) is 9.18 Å². The smallest absolute Gasteiger partial charge is 0.274 e. The summed E-state index contributed by atoms with van der Waals surface area (Å²) in [4.78, 5) is 12.0. The number of hydrogen-bond acceptors (Lipinski definition) is 5. The lowest BCUT2D eigenvalue weighted by Crippen LogP contribution is -2.38. The number of ether oxygens (including phenoxy) is 1. The zero-order valence-corrected chi connectivity index (χ0v) is 14.7. The summed E-state index contributed by atoms with van der Waals surface area (Å²) < 4.78 is 19.8. The van der Waals surface area contributed by atoms with Gasteiger partial charge >= 0.3 is 0 Å². The van der Waals surface area contributed by atoms with Gasteiger partial charge in [-0.2, -0.15) is 0 Å². The minimum Gasteiger partial charge on any atom is -0.392 e. The van der Waals surface area contributed by atoms with Gasteiger partial charge in [0.15, 0.2) is 5.83 Å². The third-order valence-electron chi connectivity index (χ3n) is 3.99. The van der Waals surface area contributed by atoms with Gasteiger partial charge in [0.05, 0.1) is 17.9 Å². The fourth-order valence-electron chi connectivity index (χ4n) is 2.47. The van der Waals surface area contributed by atoms with Crippen LogP contribution in [0.1, 0.15) is 32.4 Å². The van der Waals surface area contributed by atoms with E-state index in [2.05, 4.69) is 10.6 Å². The Morgan fingerprint density at radius 2 is 2.00 bits per heavy atom. The number of rotatable bonds is 5. The first-order valence-electron chi connectivity index (χ1n) is 8.31. The zero-order valence-electron chi connectivity index (χ0n) is 14.7. The van der Waals surface area contributed by atoms with Gasteiger partial charge in [-0.25, -0.2) is 4.39 Å². The Kier molecular flexibility index (Phi) is 6.27. The number of carbonyl (C=O) groups excluding carboxylic acids is 1. The number of halogens is 1. The average Bonchev–Trinajstić information content (AvgIpc) is 2.60. The first kappa shape index (κ1) is 19.1. The summed E-state index contributed by atoms with van der Waals surface area (Å²) in [6.45, 7) is 6.89. The van der Waals surface area contributed by atoms with E-state index in [1.165, 1.54) is 0 Å². The number of amides is 1. The molecule has 1 heterocycles. The molecule has 0 unspecified atom stereocenters. The van der Waals surface area contributed by atoms with Crippen molar-refractivity contribution in [3.05, 3.63) is 41.4 Å². The summed E-state index contributed by atoms with van der Waals surface area (Å²) in [7, 11) is 0. The van der Waals surface area contributed by atoms with Gasteiger partial charge in [0.2, 0.25) is 0 Å². The second kappa shape index (κ2) is 8.22. The minimum absolute atomic E-state index is 0.0394. The maximum Gasteiger partial charge on any atom is 0.274 e. The Bertz CT molecular complexity index is 670. The molecule has 1 aliphatic heterocycles. The number of nitrogens with one attached hydrogen (secondary N) is 3. The highest BCUT2D eigenvalue weighted by Gasteiger charge is 2.21. The van der Waals surface area contributed by atoms with Gasteiger partial charge in [0.25, 0.3) is 5.91 Å². The van der Waals surface area contributed by atoms with Gasteiger partial charge in [-0.05, 0) is 30.5 Å². The molecule has 136 valence electrons. The monoisotopic (exact) mass is 348 g/mol. The molecule has 1 amide bonds. The van der Waals surface area contributed by atoms with Crippen molar-refractivity contribution in [3.63, 3.8) is 0 Å². The minimum atomic E-state index is -0.986. The van der Waals surface area contributed by atoms with Crippen LogP contribution in [0.15, 0.2) is 35.8 Å². The molecule has 1 aliphatic rings. The van der Waals surface area contributed by atoms with Crippen LogP contribution in [0.3, 0.4) is 0 Å². The van der Waals surface area contributed by atoms with E-state index < -0.39 is 17.4 Å². The predicted octanol–water partition coefficient (Wildman–Crippen LogP) is 2.49. The van der Waals surface area contributed by atoms with Crippen molar-refractivity contribution in [1.29, 1.82) is 5.41 Å². The summed E-state index contributed by atoms with van der Waals surface area (Å²) in [5.74, 6) is -2.10. The van der Waals surface area contributed by atoms with E-state index in [-0.39, 0.29) is 23.8 Å². The molecular weight excluding hydrogens is 323 g/mol. The number of anilines is 1. The molecule has 2 atom stereocenters. The lowest BCUT2D eigenvalue weighted by Gasteiger charge is -2.29. The van der Waals surface area contributed by atoms with Crippen LogP contribution >= 0.6 is 0 Å². The van der Waals surface area contributed by atoms with Crippen molar-refractivity contribution in [1.82, 2.24) is 5.32 Å². The van der Waals surface area contributed by atoms with E-state index in [4.69, 9.17) is 15.9 Å². The average molecular weight is 348 g/mol. The van der Waals surface area contributed by atoms with Crippen LogP contribution < -0.4 is 16.4 Å². The summed E-state index contributed by atoms with van der Waals surface area (Å²) in [5.41, 5.74) is 6.15. The molecule has 1 aromatic rings. The molecular formula is C18H25FN4O2. The van der Waals surface area contributed by atoms with E-state index >= 15 is 0 Å². The topological polar surface area (TPSA) is 100 Å². The first-order chi connectivity index (χ1) is 11.8. The highest BCUT2D eigenvalue weighted by atomic mass is 19.1. The molecule has 25 heavy (non-hydrogen) atoms. The first-order valence-corrected chi connectivity index (χ1v) is 8.31. The van der Waals surface area contributed by atoms with Crippen molar-refractivity contribution in [2.45, 2.75) is 33.0 Å². The summed E-state index contributed by atoms with van der Waals surface area (Å²) in [6.07, 6.45) is 0.102. The summed E-state index contributed by atoms with van der Waals surface area (Å²) in [6, 6.07) is 7.14. The van der Waals surface area contributed by atoms with E-state index in [1.807, 2.05) is 19.1 Å². The molecule has 5 N–H and O–H groups in total. The number of benzene rings is 1. The molecule has 7 heteroatoms. The Balaban J connectivity index is 2.04. The van der Waals surface area contributed by atoms with Crippen LogP contribution in [0.25, 0.3) is 0 Å². The molecule has 6 nitrogen and oxygen atoms in total. The number of morpholine rings is 1. The molecule has 0 aliphatic carbocycles. The van der Waals surface area contributed by atoms with E-state index in [0.717, 1.165) is 18.7 Å². The van der Waals surface area contributed by atoms with Crippen molar-refractivity contribution < 1.29 is 13.9 Å². The van der Waals surface area contributed by atoms with E-state index in [0.29, 0.717) is 5.69 Å². The third kappa shape index (κ3) is 4.87. The SMILES string of the molecule is CC(C)C(=N)/C(F)=C(\N)C(=O)Nc1ccc([C@H]2CNC[C@@H](C)O2)cc1. The molecule has 1 fully saturated rings. The highest BCUT2D eigenvalue weighted by Crippen LogP contribution is 2.23. The van der Waals surface area contributed by atoms with Gasteiger partial charge in [0.1, 0.15) is 5.70 Å². The Morgan fingerprint density at radius 1 is 1.36 bits per heavy atom. The molecule has 0 saturated carbocycles. The Morgan fingerprint density at radius 3 is 2.56 bits per heavy atom. The van der Waals surface area contributed by atoms with Crippen LogP contribution in [0.4, 0.5) is 10.1 Å². The van der Waals surface area contributed by atoms with Gasteiger partial charge < -0.3 is 26.5 Å². The van der Waals surface area contributed by atoms with Crippen molar-refractivity contribution in [2.24, 2.45) is 11.7 Å². The molecule has 0 aromatic heterocycles. The van der Waals surface area contributed by atoms with Crippen LogP contribution in [0, 0.1) is 11.3 Å². The van der Waals surface area contributed by atoms with Crippen molar-refractivity contribution in [2.75, 3.05) is 18.4 Å². The summed E-state index contributed by atoms with van der Waals surface area (Å²) >= 11 is 0. The highest BCUT2D eigenvalue weighted by molar-refractivity contribution is 6.10. The van der Waals surface area contributed by atoms with Crippen LogP contribution in [0.5, 0.6) is 0 Å². The lowest BCUT2D eigenvalue weighted by atomic mass is 10.1. The Labute approximate surface area is 147 Å². The van der Waals surface area contributed by atoms with Crippen molar-refractivity contribution in [3.8, 4) is 0 Å². The lowest BCUT2D eigenvalue weighted by molar-refractivity contribution is -0.113. The standard InChI is InChI=1S/C18H25FN4O2/c1-10(2)16(20)15(19)17(21)18(24)23-13-6-4-12(5-7-13)14-9-22-8-11(3)25-14/h4-7,10-11,14,20,22H,8-9,21H2,1-3H3,(H,23,24)/b17-15+,20-16?/t11-,14-/m1/s1. The molecule has 2 rings (SSSR count). The Hall–Kier alpha value is -2.25. The maximum absolute atomic E-state index is 14.0. The van der Waals surface area contributed by atoms with Crippen LogP contribution in [-0.4, -0.2) is 30.8 Å². The molecule has 0 bridgehead atoms. The number of allylic oxidation sites excluding steroid dienone is 1. The number of hydrogen-bond donors (Lipinski definition) is 4. The van der Waals surface area contributed by atoms with Crippen LogP contribution in [-0.2, 0) is 9.53 Å². The normalized spacial score (nSPS) is 21.6. The largest absolute Gasteiger partial charge is 0.392 e. The second-order valence-corrected chi connectivity index (χ2v) is 6.47. The van der Waals surface area contributed by atoms with Crippen LogP contribution in [0.2, 0.25) is 0 Å². The fraction of sp³-hybridized carbons (Fsp3) is 0.444. The maximum atomic E-state index is 14.0. The van der Waals surface area contributed by atoms with Gasteiger partial charge in [-0.15, -0.1) is 0 Å². The van der Waals surface area contributed by atoms with E-state index in [1.54, 1.807) is 26.0 Å². The van der Waals surface area contributed by atoms with Gasteiger partial charge in [-0.1, -0.05) is 26.0 Å². The number of nitrogens with two attached hydrogens (primary N) is 1. The molecule has 0 spiro atoms.